The smallest absolute Gasteiger partial charge is 0.233 e. The van der Waals surface area contributed by atoms with E-state index in [9.17, 15) is 4.79 Å². The van der Waals surface area contributed by atoms with Crippen LogP contribution in [0.3, 0.4) is 0 Å². The number of ether oxygens (including phenoxy) is 1. The molecule has 1 unspecified atom stereocenters. The molecule has 0 N–H and O–H groups in total. The van der Waals surface area contributed by atoms with Gasteiger partial charge in [-0.1, -0.05) is 35.3 Å². The number of rotatable bonds is 6. The van der Waals surface area contributed by atoms with E-state index in [-0.39, 0.29) is 11.3 Å². The van der Waals surface area contributed by atoms with Crippen LogP contribution in [0.15, 0.2) is 42.5 Å². The molecule has 0 radical (unpaired) electrons. The first-order chi connectivity index (χ1) is 12.4. The number of thioether (sulfide) groups is 1. The van der Waals surface area contributed by atoms with E-state index in [2.05, 4.69) is 4.90 Å². The van der Waals surface area contributed by atoms with Crippen LogP contribution in [0.4, 0.5) is 0 Å². The van der Waals surface area contributed by atoms with Gasteiger partial charge in [-0.05, 0) is 50.0 Å². The number of carbonyl (C=O) groups excluding carboxylic acids is 1. The molecule has 2 aromatic rings. The third-order valence-electron chi connectivity index (χ3n) is 3.97. The Kier molecular flexibility index (Phi) is 6.35. The van der Waals surface area contributed by atoms with Gasteiger partial charge in [0.1, 0.15) is 16.9 Å². The zero-order valence-electron chi connectivity index (χ0n) is 14.6. The van der Waals surface area contributed by atoms with Crippen molar-refractivity contribution in [3.05, 3.63) is 58.1 Å². The average molecular weight is 411 g/mol. The molecule has 7 heteroatoms. The molecular weight excluding hydrogens is 391 g/mol. The Balaban J connectivity index is 1.78. The normalized spacial score (nSPS) is 17.2. The molecule has 138 valence electrons. The Morgan fingerprint density at radius 2 is 1.88 bits per heavy atom. The zero-order chi connectivity index (χ0) is 18.7. The van der Waals surface area contributed by atoms with Gasteiger partial charge < -0.3 is 14.5 Å². The lowest BCUT2D eigenvalue weighted by Crippen LogP contribution is -2.34. The maximum atomic E-state index is 12.2. The quantitative estimate of drug-likeness (QED) is 0.676. The van der Waals surface area contributed by atoms with Gasteiger partial charge in [0.15, 0.2) is 0 Å². The summed E-state index contributed by atoms with van der Waals surface area (Å²) in [5.74, 6) is 1.95. The summed E-state index contributed by atoms with van der Waals surface area (Å²) in [5.41, 5.74) is 1.05. The van der Waals surface area contributed by atoms with Crippen molar-refractivity contribution in [2.24, 2.45) is 0 Å². The van der Waals surface area contributed by atoms with Crippen LogP contribution in [-0.4, -0.2) is 48.6 Å². The van der Waals surface area contributed by atoms with E-state index in [4.69, 9.17) is 27.9 Å². The first-order valence-corrected chi connectivity index (χ1v) is 10.0. The predicted molar refractivity (Wildman–Crippen MR) is 108 cm³/mol. The molecule has 1 atom stereocenters. The van der Waals surface area contributed by atoms with Crippen molar-refractivity contribution in [2.45, 2.75) is 5.37 Å². The maximum Gasteiger partial charge on any atom is 0.233 e. The molecule has 1 saturated heterocycles. The Morgan fingerprint density at radius 3 is 2.58 bits per heavy atom. The number of hydrogen-bond acceptors (Lipinski definition) is 4. The van der Waals surface area contributed by atoms with Gasteiger partial charge in [-0.2, -0.15) is 0 Å². The van der Waals surface area contributed by atoms with Gasteiger partial charge in [-0.3, -0.25) is 4.79 Å². The highest BCUT2D eigenvalue weighted by atomic mass is 35.5. The fourth-order valence-electron chi connectivity index (χ4n) is 2.73. The Bertz CT molecular complexity index is 781. The van der Waals surface area contributed by atoms with Crippen molar-refractivity contribution < 1.29 is 9.53 Å². The van der Waals surface area contributed by atoms with E-state index in [1.54, 1.807) is 30.0 Å². The van der Waals surface area contributed by atoms with Gasteiger partial charge >= 0.3 is 0 Å². The third-order valence-corrected chi connectivity index (χ3v) is 5.66. The second-order valence-corrected chi connectivity index (χ2v) is 8.27. The van der Waals surface area contributed by atoms with Gasteiger partial charge in [0.25, 0.3) is 0 Å². The number of likely N-dealkylation sites (N-methyl/N-ethyl adjacent to an activating group) is 1. The van der Waals surface area contributed by atoms with Crippen LogP contribution in [0.2, 0.25) is 10.0 Å². The molecule has 0 aromatic heterocycles. The first kappa shape index (κ1) is 19.4. The van der Waals surface area contributed by atoms with E-state index in [1.807, 2.05) is 43.3 Å². The van der Waals surface area contributed by atoms with Crippen molar-refractivity contribution in [1.82, 2.24) is 9.80 Å². The summed E-state index contributed by atoms with van der Waals surface area (Å²) >= 11 is 13.7. The van der Waals surface area contributed by atoms with Crippen molar-refractivity contribution in [3.63, 3.8) is 0 Å². The van der Waals surface area contributed by atoms with E-state index in [0.717, 1.165) is 12.1 Å². The average Bonchev–Trinajstić information content (AvgIpc) is 2.93. The molecule has 2 aromatic carbocycles. The Hall–Kier alpha value is -1.40. The minimum atomic E-state index is 0.00829. The third kappa shape index (κ3) is 4.86. The van der Waals surface area contributed by atoms with Crippen LogP contribution in [0.25, 0.3) is 0 Å². The molecule has 4 nitrogen and oxygen atoms in total. The van der Waals surface area contributed by atoms with E-state index in [1.165, 1.54) is 0 Å². The number of amides is 1. The molecule has 1 fully saturated rings. The largest absolute Gasteiger partial charge is 0.457 e. The maximum absolute atomic E-state index is 12.2. The highest BCUT2D eigenvalue weighted by molar-refractivity contribution is 8.00. The Labute approximate surface area is 168 Å². The minimum Gasteiger partial charge on any atom is -0.457 e. The highest BCUT2D eigenvalue weighted by Crippen LogP contribution is 2.40. The number of nitrogens with zero attached hydrogens (tertiary/aromatic N) is 2. The molecular formula is C19H20Cl2N2O2S. The molecule has 0 spiro atoms. The van der Waals surface area contributed by atoms with Crippen LogP contribution in [0, 0.1) is 0 Å². The number of hydrogen-bond donors (Lipinski definition) is 0. The van der Waals surface area contributed by atoms with Gasteiger partial charge in [-0.15, -0.1) is 11.8 Å². The summed E-state index contributed by atoms with van der Waals surface area (Å²) in [4.78, 5) is 16.3. The number of benzene rings is 2. The van der Waals surface area contributed by atoms with E-state index >= 15 is 0 Å². The number of halogens is 2. The van der Waals surface area contributed by atoms with E-state index < -0.39 is 0 Å². The van der Waals surface area contributed by atoms with E-state index in [0.29, 0.717) is 33.8 Å². The summed E-state index contributed by atoms with van der Waals surface area (Å²) in [6, 6.07) is 12.9. The summed E-state index contributed by atoms with van der Waals surface area (Å²) < 4.78 is 5.91. The van der Waals surface area contributed by atoms with Crippen LogP contribution in [-0.2, 0) is 4.79 Å². The van der Waals surface area contributed by atoms with Gasteiger partial charge in [0.2, 0.25) is 5.91 Å². The number of carbonyl (C=O) groups is 1. The molecule has 3 rings (SSSR count). The molecule has 26 heavy (non-hydrogen) atoms. The lowest BCUT2D eigenvalue weighted by atomic mass is 10.2. The summed E-state index contributed by atoms with van der Waals surface area (Å²) in [7, 11) is 4.01. The molecule has 0 bridgehead atoms. The standard InChI is InChI=1S/C19H20Cl2N2O2S/c1-22(2)6-7-23-18(24)12-26-19(23)13-4-3-5-16(8-13)25-17-10-14(20)9-15(21)11-17/h3-5,8-11,19H,6-7,12H2,1-2H3. The van der Waals surface area contributed by atoms with Crippen molar-refractivity contribution in [2.75, 3.05) is 32.9 Å². The Morgan fingerprint density at radius 1 is 1.15 bits per heavy atom. The van der Waals surface area contributed by atoms with Gasteiger partial charge in [0, 0.05) is 23.1 Å². The molecule has 1 amide bonds. The predicted octanol–water partition coefficient (Wildman–Crippen LogP) is 4.92. The highest BCUT2D eigenvalue weighted by Gasteiger charge is 2.32. The fraction of sp³-hybridized carbons (Fsp3) is 0.316. The van der Waals surface area contributed by atoms with Crippen molar-refractivity contribution >= 4 is 40.9 Å². The lowest BCUT2D eigenvalue weighted by molar-refractivity contribution is -0.128. The first-order valence-electron chi connectivity index (χ1n) is 8.22. The fourth-order valence-corrected chi connectivity index (χ4v) is 4.45. The monoisotopic (exact) mass is 410 g/mol. The topological polar surface area (TPSA) is 32.8 Å². The SMILES string of the molecule is CN(C)CCN1C(=O)CSC1c1cccc(Oc2cc(Cl)cc(Cl)c2)c1. The van der Waals surface area contributed by atoms with Crippen LogP contribution < -0.4 is 4.74 Å². The van der Waals surface area contributed by atoms with Crippen LogP contribution in [0.5, 0.6) is 11.5 Å². The van der Waals surface area contributed by atoms with Crippen molar-refractivity contribution in [1.29, 1.82) is 0 Å². The molecule has 0 saturated carbocycles. The molecule has 1 aliphatic heterocycles. The minimum absolute atomic E-state index is 0.00829. The van der Waals surface area contributed by atoms with Gasteiger partial charge in [-0.25, -0.2) is 0 Å². The molecule has 1 aliphatic rings. The lowest BCUT2D eigenvalue weighted by Gasteiger charge is -2.26. The van der Waals surface area contributed by atoms with Crippen molar-refractivity contribution in [3.8, 4) is 11.5 Å². The summed E-state index contributed by atoms with van der Waals surface area (Å²) in [6.07, 6.45) is 0. The van der Waals surface area contributed by atoms with Crippen LogP contribution >= 0.6 is 35.0 Å². The van der Waals surface area contributed by atoms with Crippen LogP contribution in [0.1, 0.15) is 10.9 Å². The molecule has 0 aliphatic carbocycles. The summed E-state index contributed by atoms with van der Waals surface area (Å²) in [6.45, 7) is 1.54. The zero-order valence-corrected chi connectivity index (χ0v) is 16.9. The molecule has 1 heterocycles. The second-order valence-electron chi connectivity index (χ2n) is 6.33. The van der Waals surface area contributed by atoms with Gasteiger partial charge in [0.05, 0.1) is 5.75 Å². The summed E-state index contributed by atoms with van der Waals surface area (Å²) in [5, 5.41) is 1.06. The second kappa shape index (κ2) is 8.53.